The standard InChI is InChI=1S/C14H13ClN2OS/c15-11-5-3-4-10(8-11)9-12-13(18)16-14(19-12)17-6-1-2-7-17/h3-5,8-9H,1-2,6-7H2/b12-9+. The number of aliphatic imine (C=N–C) groups is 1. The zero-order valence-corrected chi connectivity index (χ0v) is 11.9. The van der Waals surface area contributed by atoms with E-state index in [2.05, 4.69) is 9.89 Å². The highest BCUT2D eigenvalue weighted by Crippen LogP contribution is 2.31. The molecular weight excluding hydrogens is 280 g/mol. The molecule has 3 nitrogen and oxygen atoms in total. The minimum Gasteiger partial charge on any atom is -0.351 e. The molecule has 0 bridgehead atoms. The number of halogens is 1. The van der Waals surface area contributed by atoms with Crippen LogP contribution in [0.15, 0.2) is 34.2 Å². The lowest BCUT2D eigenvalue weighted by atomic mass is 10.2. The molecule has 2 heterocycles. The number of rotatable bonds is 1. The Labute approximate surface area is 121 Å². The fourth-order valence-electron chi connectivity index (χ4n) is 2.19. The summed E-state index contributed by atoms with van der Waals surface area (Å²) in [5.74, 6) is -0.146. The number of likely N-dealkylation sites (tertiary alicyclic amines) is 1. The van der Waals surface area contributed by atoms with Gasteiger partial charge < -0.3 is 4.90 Å². The first-order valence-electron chi connectivity index (χ1n) is 6.25. The quantitative estimate of drug-likeness (QED) is 0.744. The van der Waals surface area contributed by atoms with E-state index in [0.717, 1.165) is 23.8 Å². The highest BCUT2D eigenvalue weighted by Gasteiger charge is 2.27. The van der Waals surface area contributed by atoms with Crippen LogP contribution in [0.4, 0.5) is 0 Å². The molecule has 3 rings (SSSR count). The van der Waals surface area contributed by atoms with Crippen molar-refractivity contribution >= 4 is 40.5 Å². The maximum atomic E-state index is 11.9. The molecule has 0 saturated carbocycles. The van der Waals surface area contributed by atoms with Crippen LogP contribution in [0.5, 0.6) is 0 Å². The Kier molecular flexibility index (Phi) is 3.62. The molecule has 98 valence electrons. The maximum absolute atomic E-state index is 11.9. The zero-order chi connectivity index (χ0) is 13.2. The molecule has 2 aliphatic rings. The first-order chi connectivity index (χ1) is 9.22. The van der Waals surface area contributed by atoms with Crippen molar-refractivity contribution in [1.82, 2.24) is 4.90 Å². The second-order valence-electron chi connectivity index (χ2n) is 4.56. The predicted octanol–water partition coefficient (Wildman–Crippen LogP) is 3.41. The van der Waals surface area contributed by atoms with E-state index in [1.807, 2.05) is 30.3 Å². The van der Waals surface area contributed by atoms with Crippen molar-refractivity contribution in [3.8, 4) is 0 Å². The van der Waals surface area contributed by atoms with Crippen LogP contribution in [0.3, 0.4) is 0 Å². The molecular formula is C14H13ClN2OS. The summed E-state index contributed by atoms with van der Waals surface area (Å²) >= 11 is 7.40. The van der Waals surface area contributed by atoms with Gasteiger partial charge in [-0.15, -0.1) is 0 Å². The molecule has 19 heavy (non-hydrogen) atoms. The fraction of sp³-hybridized carbons (Fsp3) is 0.286. The van der Waals surface area contributed by atoms with Gasteiger partial charge in [-0.25, -0.2) is 0 Å². The van der Waals surface area contributed by atoms with E-state index in [9.17, 15) is 4.79 Å². The SMILES string of the molecule is O=C1N=C(N2CCCC2)S/C1=C/c1cccc(Cl)c1. The number of thioether (sulfide) groups is 1. The minimum atomic E-state index is -0.146. The van der Waals surface area contributed by atoms with Crippen LogP contribution in [0.1, 0.15) is 18.4 Å². The van der Waals surface area contributed by atoms with Crippen molar-refractivity contribution in [2.45, 2.75) is 12.8 Å². The molecule has 1 aromatic carbocycles. The zero-order valence-electron chi connectivity index (χ0n) is 10.3. The summed E-state index contributed by atoms with van der Waals surface area (Å²) in [6, 6.07) is 7.47. The average molecular weight is 293 g/mol. The van der Waals surface area contributed by atoms with E-state index in [1.165, 1.54) is 24.6 Å². The highest BCUT2D eigenvalue weighted by molar-refractivity contribution is 8.18. The second kappa shape index (κ2) is 5.39. The molecule has 0 N–H and O–H groups in total. The van der Waals surface area contributed by atoms with Gasteiger partial charge in [-0.3, -0.25) is 4.79 Å². The molecule has 0 aliphatic carbocycles. The number of carbonyl (C=O) groups is 1. The van der Waals surface area contributed by atoms with Crippen LogP contribution in [0.2, 0.25) is 5.02 Å². The van der Waals surface area contributed by atoms with Gasteiger partial charge in [0.05, 0.1) is 4.91 Å². The molecule has 1 saturated heterocycles. The smallest absolute Gasteiger partial charge is 0.286 e. The lowest BCUT2D eigenvalue weighted by Gasteiger charge is -2.14. The van der Waals surface area contributed by atoms with Gasteiger partial charge in [-0.2, -0.15) is 4.99 Å². The molecule has 2 aliphatic heterocycles. The van der Waals surface area contributed by atoms with Gasteiger partial charge in [0.1, 0.15) is 0 Å². The molecule has 5 heteroatoms. The van der Waals surface area contributed by atoms with Gasteiger partial charge in [-0.1, -0.05) is 23.7 Å². The van der Waals surface area contributed by atoms with Crippen molar-refractivity contribution in [3.63, 3.8) is 0 Å². The average Bonchev–Trinajstić information content (AvgIpc) is 3.00. The normalized spacial score (nSPS) is 21.3. The summed E-state index contributed by atoms with van der Waals surface area (Å²) in [6.45, 7) is 2.01. The predicted molar refractivity (Wildman–Crippen MR) is 80.3 cm³/mol. The van der Waals surface area contributed by atoms with Gasteiger partial charge in [0.2, 0.25) is 0 Å². The Hall–Kier alpha value is -1.26. The summed E-state index contributed by atoms with van der Waals surface area (Å²) < 4.78 is 0. The minimum absolute atomic E-state index is 0.146. The number of amides is 1. The summed E-state index contributed by atoms with van der Waals surface area (Å²) in [5.41, 5.74) is 0.932. The second-order valence-corrected chi connectivity index (χ2v) is 6.00. The Balaban J connectivity index is 1.79. The molecule has 0 aromatic heterocycles. The molecule has 0 unspecified atom stereocenters. The molecule has 1 aromatic rings. The van der Waals surface area contributed by atoms with Crippen molar-refractivity contribution in [3.05, 3.63) is 39.8 Å². The van der Waals surface area contributed by atoms with Gasteiger partial charge in [0, 0.05) is 18.1 Å². The lowest BCUT2D eigenvalue weighted by Crippen LogP contribution is -2.23. The van der Waals surface area contributed by atoms with Gasteiger partial charge >= 0.3 is 0 Å². The van der Waals surface area contributed by atoms with Crippen LogP contribution in [-0.4, -0.2) is 29.1 Å². The number of hydrogen-bond acceptors (Lipinski definition) is 3. The third-order valence-corrected chi connectivity index (χ3v) is 4.41. The Morgan fingerprint density at radius 1 is 1.32 bits per heavy atom. The van der Waals surface area contributed by atoms with Crippen LogP contribution in [-0.2, 0) is 4.79 Å². The van der Waals surface area contributed by atoms with Crippen LogP contribution >= 0.6 is 23.4 Å². The van der Waals surface area contributed by atoms with Crippen molar-refractivity contribution in [2.24, 2.45) is 4.99 Å². The molecule has 1 amide bonds. The van der Waals surface area contributed by atoms with Crippen LogP contribution in [0, 0.1) is 0 Å². The van der Waals surface area contributed by atoms with E-state index in [0.29, 0.717) is 9.93 Å². The first kappa shape index (κ1) is 12.8. The largest absolute Gasteiger partial charge is 0.351 e. The monoisotopic (exact) mass is 292 g/mol. The first-order valence-corrected chi connectivity index (χ1v) is 7.45. The Morgan fingerprint density at radius 3 is 2.84 bits per heavy atom. The van der Waals surface area contributed by atoms with Gasteiger partial charge in [-0.05, 0) is 48.4 Å². The van der Waals surface area contributed by atoms with Crippen LogP contribution in [0.25, 0.3) is 6.08 Å². The molecule has 0 atom stereocenters. The van der Waals surface area contributed by atoms with Crippen LogP contribution < -0.4 is 0 Å². The number of benzene rings is 1. The summed E-state index contributed by atoms with van der Waals surface area (Å²) in [4.78, 5) is 18.9. The molecule has 1 fully saturated rings. The van der Waals surface area contributed by atoms with Gasteiger partial charge in [0.25, 0.3) is 5.91 Å². The van der Waals surface area contributed by atoms with E-state index < -0.39 is 0 Å². The van der Waals surface area contributed by atoms with E-state index in [1.54, 1.807) is 0 Å². The maximum Gasteiger partial charge on any atom is 0.286 e. The van der Waals surface area contributed by atoms with Crippen molar-refractivity contribution in [1.29, 1.82) is 0 Å². The fourth-order valence-corrected chi connectivity index (χ4v) is 3.35. The summed E-state index contributed by atoms with van der Waals surface area (Å²) in [5, 5.41) is 1.52. The number of carbonyl (C=O) groups excluding carboxylic acids is 1. The van der Waals surface area contributed by atoms with Crippen molar-refractivity contribution in [2.75, 3.05) is 13.1 Å². The molecule has 0 spiro atoms. The van der Waals surface area contributed by atoms with Gasteiger partial charge in [0.15, 0.2) is 5.17 Å². The lowest BCUT2D eigenvalue weighted by molar-refractivity contribution is -0.113. The third kappa shape index (κ3) is 2.85. The van der Waals surface area contributed by atoms with Crippen molar-refractivity contribution < 1.29 is 4.79 Å². The van der Waals surface area contributed by atoms with E-state index in [4.69, 9.17) is 11.6 Å². The Morgan fingerprint density at radius 2 is 2.11 bits per heavy atom. The van der Waals surface area contributed by atoms with E-state index in [-0.39, 0.29) is 5.91 Å². The number of nitrogens with zero attached hydrogens (tertiary/aromatic N) is 2. The summed E-state index contributed by atoms with van der Waals surface area (Å²) in [7, 11) is 0. The topological polar surface area (TPSA) is 32.7 Å². The Bertz CT molecular complexity index is 577. The highest BCUT2D eigenvalue weighted by atomic mass is 35.5. The summed E-state index contributed by atoms with van der Waals surface area (Å²) in [6.07, 6.45) is 4.22. The third-order valence-electron chi connectivity index (χ3n) is 3.13. The van der Waals surface area contributed by atoms with E-state index >= 15 is 0 Å². The number of hydrogen-bond donors (Lipinski definition) is 0. The molecule has 0 radical (unpaired) electrons. The number of amidine groups is 1.